The van der Waals surface area contributed by atoms with Crippen molar-refractivity contribution in [3.05, 3.63) is 35.4 Å². The fourth-order valence-corrected chi connectivity index (χ4v) is 2.20. The molecule has 0 bridgehead atoms. The first-order valence-corrected chi connectivity index (χ1v) is 6.37. The van der Waals surface area contributed by atoms with Crippen molar-refractivity contribution in [2.45, 2.75) is 13.3 Å². The molecular formula is C15H18O4. The Kier molecular flexibility index (Phi) is 4.58. The zero-order valence-electron chi connectivity index (χ0n) is 11.3. The summed E-state index contributed by atoms with van der Waals surface area (Å²) in [6.45, 7) is 3.18. The Balaban J connectivity index is 2.44. The first kappa shape index (κ1) is 13.6. The van der Waals surface area contributed by atoms with Crippen LogP contribution in [0.5, 0.6) is 5.75 Å². The van der Waals surface area contributed by atoms with E-state index < -0.39 is 0 Å². The van der Waals surface area contributed by atoms with Crippen molar-refractivity contribution in [2.24, 2.45) is 0 Å². The Bertz CT molecular complexity index is 491. The van der Waals surface area contributed by atoms with Gasteiger partial charge in [-0.25, -0.2) is 4.79 Å². The zero-order valence-corrected chi connectivity index (χ0v) is 11.3. The molecular weight excluding hydrogens is 244 g/mol. The van der Waals surface area contributed by atoms with E-state index in [1.807, 2.05) is 18.2 Å². The van der Waals surface area contributed by atoms with E-state index in [4.69, 9.17) is 14.2 Å². The van der Waals surface area contributed by atoms with Gasteiger partial charge in [0.2, 0.25) is 0 Å². The van der Waals surface area contributed by atoms with Crippen LogP contribution < -0.4 is 4.74 Å². The van der Waals surface area contributed by atoms with Crippen LogP contribution in [0.15, 0.2) is 24.3 Å². The van der Waals surface area contributed by atoms with Crippen LogP contribution in [0, 0.1) is 0 Å². The van der Waals surface area contributed by atoms with Gasteiger partial charge in [-0.15, -0.1) is 0 Å². The quantitative estimate of drug-likeness (QED) is 0.619. The van der Waals surface area contributed by atoms with Crippen LogP contribution in [0.3, 0.4) is 0 Å². The second kappa shape index (κ2) is 6.38. The molecule has 102 valence electrons. The lowest BCUT2D eigenvalue weighted by atomic mass is 9.97. The number of esters is 1. The van der Waals surface area contributed by atoms with Crippen LogP contribution in [-0.2, 0) is 20.7 Å². The minimum atomic E-state index is -0.347. The van der Waals surface area contributed by atoms with Gasteiger partial charge in [-0.1, -0.05) is 12.1 Å². The number of hydrogen-bond donors (Lipinski definition) is 0. The number of carbonyl (C=O) groups is 1. The van der Waals surface area contributed by atoms with Crippen LogP contribution >= 0.6 is 0 Å². The first-order valence-electron chi connectivity index (χ1n) is 6.37. The van der Waals surface area contributed by atoms with Gasteiger partial charge in [-0.05, 0) is 30.5 Å². The smallest absolute Gasteiger partial charge is 0.331 e. The van der Waals surface area contributed by atoms with E-state index in [1.165, 1.54) is 6.08 Å². The predicted molar refractivity (Wildman–Crippen MR) is 72.1 cm³/mol. The summed E-state index contributed by atoms with van der Waals surface area (Å²) in [4.78, 5) is 11.6. The Hall–Kier alpha value is -1.81. The molecule has 0 atom stereocenters. The molecule has 0 radical (unpaired) electrons. The van der Waals surface area contributed by atoms with Crippen molar-refractivity contribution in [1.29, 1.82) is 0 Å². The highest BCUT2D eigenvalue weighted by atomic mass is 16.5. The summed E-state index contributed by atoms with van der Waals surface area (Å²) in [7, 11) is 1.63. The summed E-state index contributed by atoms with van der Waals surface area (Å²) < 4.78 is 15.9. The molecule has 0 unspecified atom stereocenters. The Morgan fingerprint density at radius 3 is 3.05 bits per heavy atom. The maximum Gasteiger partial charge on any atom is 0.331 e. The summed E-state index contributed by atoms with van der Waals surface area (Å²) in [5.74, 6) is 0.415. The van der Waals surface area contributed by atoms with E-state index >= 15 is 0 Å². The molecule has 0 saturated heterocycles. The van der Waals surface area contributed by atoms with Crippen LogP contribution in [0.4, 0.5) is 0 Å². The van der Waals surface area contributed by atoms with Crippen molar-refractivity contribution < 1.29 is 19.0 Å². The number of ether oxygens (including phenoxy) is 3. The van der Waals surface area contributed by atoms with Crippen LogP contribution in [-0.4, -0.2) is 32.9 Å². The van der Waals surface area contributed by atoms with E-state index in [2.05, 4.69) is 0 Å². The van der Waals surface area contributed by atoms with Gasteiger partial charge in [-0.2, -0.15) is 0 Å². The highest BCUT2D eigenvalue weighted by molar-refractivity contribution is 5.93. The van der Waals surface area contributed by atoms with Gasteiger partial charge in [0, 0.05) is 11.6 Å². The van der Waals surface area contributed by atoms with Gasteiger partial charge in [0.25, 0.3) is 0 Å². The molecule has 0 aliphatic carbocycles. The van der Waals surface area contributed by atoms with Gasteiger partial charge in [0.1, 0.15) is 5.75 Å². The lowest BCUT2D eigenvalue weighted by Crippen LogP contribution is -2.04. The second-order valence-corrected chi connectivity index (χ2v) is 4.22. The molecule has 4 heteroatoms. The Morgan fingerprint density at radius 1 is 1.47 bits per heavy atom. The molecule has 19 heavy (non-hydrogen) atoms. The average molecular weight is 262 g/mol. The number of fused-ring (bicyclic) bond motifs is 1. The normalized spacial score (nSPS) is 16.6. The molecule has 1 aromatic carbocycles. The summed E-state index contributed by atoms with van der Waals surface area (Å²) in [6.07, 6.45) is 2.31. The number of carbonyl (C=O) groups excluding carboxylic acids is 1. The Morgan fingerprint density at radius 2 is 2.32 bits per heavy atom. The van der Waals surface area contributed by atoms with E-state index in [0.29, 0.717) is 19.8 Å². The van der Waals surface area contributed by atoms with Crippen molar-refractivity contribution in [1.82, 2.24) is 0 Å². The van der Waals surface area contributed by atoms with Crippen LogP contribution in [0.2, 0.25) is 0 Å². The molecule has 1 aliphatic heterocycles. The topological polar surface area (TPSA) is 44.8 Å². The third kappa shape index (κ3) is 3.15. The number of benzene rings is 1. The number of rotatable bonds is 3. The summed E-state index contributed by atoms with van der Waals surface area (Å²) in [6, 6.07) is 5.87. The molecule has 1 aromatic rings. The van der Waals surface area contributed by atoms with E-state index in [0.717, 1.165) is 28.9 Å². The van der Waals surface area contributed by atoms with E-state index in [9.17, 15) is 4.79 Å². The summed E-state index contributed by atoms with van der Waals surface area (Å²) >= 11 is 0. The molecule has 0 aromatic heterocycles. The van der Waals surface area contributed by atoms with Gasteiger partial charge >= 0.3 is 5.97 Å². The molecule has 1 aliphatic rings. The third-order valence-electron chi connectivity index (χ3n) is 3.01. The van der Waals surface area contributed by atoms with Gasteiger partial charge in [-0.3, -0.25) is 0 Å². The summed E-state index contributed by atoms with van der Waals surface area (Å²) in [5.41, 5.74) is 2.89. The van der Waals surface area contributed by atoms with Crippen LogP contribution in [0.1, 0.15) is 18.1 Å². The molecule has 2 rings (SSSR count). The van der Waals surface area contributed by atoms with Gasteiger partial charge in [0.15, 0.2) is 0 Å². The van der Waals surface area contributed by atoms with Gasteiger partial charge < -0.3 is 14.2 Å². The highest BCUT2D eigenvalue weighted by Crippen LogP contribution is 2.32. The first-order chi connectivity index (χ1) is 9.26. The van der Waals surface area contributed by atoms with Crippen molar-refractivity contribution in [2.75, 3.05) is 26.9 Å². The number of methoxy groups -OCH3 is 1. The predicted octanol–water partition coefficient (Wildman–Crippen LogP) is 2.21. The molecule has 1 heterocycles. The fourth-order valence-electron chi connectivity index (χ4n) is 2.20. The van der Waals surface area contributed by atoms with Crippen molar-refractivity contribution in [3.8, 4) is 5.75 Å². The molecule has 0 spiro atoms. The minimum absolute atomic E-state index is 0.347. The highest BCUT2D eigenvalue weighted by Gasteiger charge is 2.18. The lowest BCUT2D eigenvalue weighted by Gasteiger charge is -2.13. The molecule has 0 fully saturated rings. The molecule has 0 saturated carbocycles. The second-order valence-electron chi connectivity index (χ2n) is 4.22. The lowest BCUT2D eigenvalue weighted by molar-refractivity contribution is -0.137. The fraction of sp³-hybridized carbons (Fsp3) is 0.400. The largest absolute Gasteiger partial charge is 0.496 e. The third-order valence-corrected chi connectivity index (χ3v) is 3.01. The summed E-state index contributed by atoms with van der Waals surface area (Å²) in [5, 5.41) is 0. The standard InChI is InChI=1S/C15H18O4/c1-3-19-14(16)9-12-10-18-8-7-11-5-4-6-13(17-2)15(11)12/h4-6,9H,3,7-8,10H2,1-2H3/b12-9+. The SMILES string of the molecule is CCOC(=O)/C=C1\COCCc2cccc(OC)c21. The maximum atomic E-state index is 11.6. The van der Waals surface area contributed by atoms with E-state index in [-0.39, 0.29) is 5.97 Å². The minimum Gasteiger partial charge on any atom is -0.496 e. The van der Waals surface area contributed by atoms with Crippen molar-refractivity contribution >= 4 is 11.5 Å². The zero-order chi connectivity index (χ0) is 13.7. The average Bonchev–Trinajstić information content (AvgIpc) is 2.61. The van der Waals surface area contributed by atoms with Crippen molar-refractivity contribution in [3.63, 3.8) is 0 Å². The monoisotopic (exact) mass is 262 g/mol. The number of hydrogen-bond acceptors (Lipinski definition) is 4. The molecule has 4 nitrogen and oxygen atoms in total. The Labute approximate surface area is 113 Å². The molecule has 0 amide bonds. The maximum absolute atomic E-state index is 11.6. The van der Waals surface area contributed by atoms with Gasteiger partial charge in [0.05, 0.1) is 26.9 Å². The molecule has 0 N–H and O–H groups in total. The van der Waals surface area contributed by atoms with E-state index in [1.54, 1.807) is 14.0 Å². The van der Waals surface area contributed by atoms with Crippen LogP contribution in [0.25, 0.3) is 5.57 Å².